The van der Waals surface area contributed by atoms with Gasteiger partial charge in [-0.3, -0.25) is 10.1 Å². The number of ether oxygens (including phenoxy) is 1. The second-order valence-corrected chi connectivity index (χ2v) is 7.37. The molecule has 0 fully saturated rings. The number of aryl methyl sites for hydroxylation is 1. The number of anilines is 2. The van der Waals surface area contributed by atoms with Gasteiger partial charge in [-0.25, -0.2) is 4.98 Å². The number of nitrogens with zero attached hydrogens (tertiary/aromatic N) is 4. The molecule has 0 aliphatic carbocycles. The fourth-order valence-corrected chi connectivity index (χ4v) is 3.68. The standard InChI is InChI=1S/C16H18N6O2S2/c1-9-20-21-16(22(9)2)26-11-4-5-13(17)12(6-11)14(23)19-15-18-10(7-24-3)8-25-15/h4-6,8H,7,17H2,1-3H3,(H,18,19,23). The van der Waals surface area contributed by atoms with Crippen LogP contribution in [0.25, 0.3) is 0 Å². The Morgan fingerprint density at radius 3 is 2.92 bits per heavy atom. The predicted molar refractivity (Wildman–Crippen MR) is 101 cm³/mol. The lowest BCUT2D eigenvalue weighted by molar-refractivity contribution is 0.102. The van der Waals surface area contributed by atoms with E-state index in [1.165, 1.54) is 23.1 Å². The number of benzene rings is 1. The molecule has 0 unspecified atom stereocenters. The van der Waals surface area contributed by atoms with Gasteiger partial charge in [-0.15, -0.1) is 21.5 Å². The minimum Gasteiger partial charge on any atom is -0.398 e. The van der Waals surface area contributed by atoms with Crippen LogP contribution in [-0.2, 0) is 18.4 Å². The molecule has 10 heteroatoms. The molecule has 0 saturated heterocycles. The number of hydrogen-bond acceptors (Lipinski definition) is 8. The first-order valence-corrected chi connectivity index (χ1v) is 9.35. The molecule has 136 valence electrons. The van der Waals surface area contributed by atoms with Crippen LogP contribution in [0, 0.1) is 6.92 Å². The van der Waals surface area contributed by atoms with Crippen molar-refractivity contribution < 1.29 is 9.53 Å². The van der Waals surface area contributed by atoms with Gasteiger partial charge in [0, 0.05) is 30.1 Å². The third-order valence-corrected chi connectivity index (χ3v) is 5.43. The zero-order chi connectivity index (χ0) is 18.7. The lowest BCUT2D eigenvalue weighted by Crippen LogP contribution is -2.14. The van der Waals surface area contributed by atoms with Crippen LogP contribution in [-0.4, -0.2) is 32.8 Å². The number of hydrogen-bond donors (Lipinski definition) is 2. The molecule has 3 aromatic rings. The summed E-state index contributed by atoms with van der Waals surface area (Å²) in [6.45, 7) is 2.28. The maximum absolute atomic E-state index is 12.6. The lowest BCUT2D eigenvalue weighted by atomic mass is 10.1. The number of methoxy groups -OCH3 is 1. The largest absolute Gasteiger partial charge is 0.398 e. The maximum atomic E-state index is 12.6. The van der Waals surface area contributed by atoms with E-state index in [1.807, 2.05) is 30.0 Å². The summed E-state index contributed by atoms with van der Waals surface area (Å²) in [5.41, 5.74) is 7.53. The Hall–Kier alpha value is -2.43. The summed E-state index contributed by atoms with van der Waals surface area (Å²) in [6.07, 6.45) is 0. The Kier molecular flexibility index (Phi) is 5.55. The van der Waals surface area contributed by atoms with Crippen molar-refractivity contribution in [2.75, 3.05) is 18.2 Å². The molecule has 1 aromatic carbocycles. The van der Waals surface area contributed by atoms with Gasteiger partial charge in [-0.05, 0) is 36.9 Å². The fourth-order valence-electron chi connectivity index (χ4n) is 2.12. The van der Waals surface area contributed by atoms with Crippen LogP contribution in [0.4, 0.5) is 10.8 Å². The second-order valence-electron chi connectivity index (χ2n) is 5.47. The maximum Gasteiger partial charge on any atom is 0.259 e. The highest BCUT2D eigenvalue weighted by atomic mass is 32.2. The summed E-state index contributed by atoms with van der Waals surface area (Å²) < 4.78 is 6.91. The van der Waals surface area contributed by atoms with Crippen molar-refractivity contribution in [1.82, 2.24) is 19.7 Å². The van der Waals surface area contributed by atoms with Gasteiger partial charge in [0.05, 0.1) is 17.9 Å². The van der Waals surface area contributed by atoms with E-state index in [4.69, 9.17) is 10.5 Å². The molecule has 3 N–H and O–H groups in total. The number of nitrogen functional groups attached to an aromatic ring is 1. The van der Waals surface area contributed by atoms with E-state index in [1.54, 1.807) is 19.2 Å². The molecule has 26 heavy (non-hydrogen) atoms. The third-order valence-electron chi connectivity index (χ3n) is 3.60. The SMILES string of the molecule is COCc1csc(NC(=O)c2cc(Sc3nnc(C)n3C)ccc2N)n1. The summed E-state index contributed by atoms with van der Waals surface area (Å²) in [5.74, 6) is 0.508. The normalized spacial score (nSPS) is 10.9. The minimum absolute atomic E-state index is 0.308. The van der Waals surface area contributed by atoms with Crippen molar-refractivity contribution in [2.45, 2.75) is 23.6 Å². The monoisotopic (exact) mass is 390 g/mol. The van der Waals surface area contributed by atoms with Gasteiger partial charge >= 0.3 is 0 Å². The first kappa shape index (κ1) is 18.4. The van der Waals surface area contributed by atoms with E-state index in [0.717, 1.165) is 21.6 Å². The van der Waals surface area contributed by atoms with E-state index in [0.29, 0.717) is 23.0 Å². The van der Waals surface area contributed by atoms with Gasteiger partial charge in [-0.2, -0.15) is 0 Å². The molecule has 8 nitrogen and oxygen atoms in total. The average molecular weight is 390 g/mol. The number of carbonyl (C=O) groups excluding carboxylic acids is 1. The van der Waals surface area contributed by atoms with Gasteiger partial charge < -0.3 is 15.0 Å². The Morgan fingerprint density at radius 1 is 1.42 bits per heavy atom. The highest BCUT2D eigenvalue weighted by molar-refractivity contribution is 7.99. The minimum atomic E-state index is -0.308. The summed E-state index contributed by atoms with van der Waals surface area (Å²) in [6, 6.07) is 5.29. The average Bonchev–Trinajstić information content (AvgIpc) is 3.18. The number of nitrogens with two attached hydrogens (primary N) is 1. The number of carbonyl (C=O) groups is 1. The molecule has 3 rings (SSSR count). The predicted octanol–water partition coefficient (Wildman–Crippen LogP) is 2.71. The van der Waals surface area contributed by atoms with E-state index >= 15 is 0 Å². The third kappa shape index (κ3) is 4.03. The van der Waals surface area contributed by atoms with E-state index < -0.39 is 0 Å². The van der Waals surface area contributed by atoms with Crippen molar-refractivity contribution in [3.05, 3.63) is 40.7 Å². The molecule has 0 atom stereocenters. The zero-order valence-corrected chi connectivity index (χ0v) is 16.1. The highest BCUT2D eigenvalue weighted by Crippen LogP contribution is 2.29. The summed E-state index contributed by atoms with van der Waals surface area (Å²) >= 11 is 2.76. The molecule has 0 saturated carbocycles. The van der Waals surface area contributed by atoms with Crippen LogP contribution in [0.2, 0.25) is 0 Å². The van der Waals surface area contributed by atoms with Crippen molar-refractivity contribution >= 4 is 39.8 Å². The molecule has 1 amide bonds. The Bertz CT molecular complexity index is 937. The molecule has 0 aliphatic rings. The van der Waals surface area contributed by atoms with Crippen LogP contribution in [0.3, 0.4) is 0 Å². The Labute approximate surface area is 158 Å². The summed E-state index contributed by atoms with van der Waals surface area (Å²) in [4.78, 5) is 17.7. The van der Waals surface area contributed by atoms with Crippen molar-refractivity contribution in [3.8, 4) is 0 Å². The van der Waals surface area contributed by atoms with Gasteiger partial charge in [0.1, 0.15) is 5.82 Å². The van der Waals surface area contributed by atoms with Gasteiger partial charge in [0.25, 0.3) is 5.91 Å². The van der Waals surface area contributed by atoms with E-state index in [-0.39, 0.29) is 5.91 Å². The lowest BCUT2D eigenvalue weighted by Gasteiger charge is -2.08. The zero-order valence-electron chi connectivity index (χ0n) is 14.5. The molecule has 0 radical (unpaired) electrons. The Morgan fingerprint density at radius 2 is 2.23 bits per heavy atom. The number of amides is 1. The second kappa shape index (κ2) is 7.85. The van der Waals surface area contributed by atoms with Crippen LogP contribution < -0.4 is 11.1 Å². The quantitative estimate of drug-likeness (QED) is 0.623. The molecule has 2 heterocycles. The Balaban J connectivity index is 1.78. The van der Waals surface area contributed by atoms with Gasteiger partial charge in [0.15, 0.2) is 10.3 Å². The van der Waals surface area contributed by atoms with Crippen molar-refractivity contribution in [2.24, 2.45) is 7.05 Å². The van der Waals surface area contributed by atoms with Crippen molar-refractivity contribution in [1.29, 1.82) is 0 Å². The molecule has 0 spiro atoms. The van der Waals surface area contributed by atoms with Gasteiger partial charge in [0.2, 0.25) is 0 Å². The summed E-state index contributed by atoms with van der Waals surface area (Å²) in [5, 5.41) is 14.0. The molecule has 2 aromatic heterocycles. The van der Waals surface area contributed by atoms with Crippen LogP contribution >= 0.6 is 23.1 Å². The molecule has 0 aliphatic heterocycles. The van der Waals surface area contributed by atoms with E-state index in [9.17, 15) is 4.79 Å². The van der Waals surface area contributed by atoms with Crippen LogP contribution in [0.1, 0.15) is 21.9 Å². The smallest absolute Gasteiger partial charge is 0.259 e. The number of aromatic nitrogens is 4. The number of rotatable bonds is 6. The topological polar surface area (TPSA) is 108 Å². The van der Waals surface area contributed by atoms with Crippen LogP contribution in [0.5, 0.6) is 0 Å². The molecule has 0 bridgehead atoms. The van der Waals surface area contributed by atoms with Crippen LogP contribution in [0.15, 0.2) is 33.6 Å². The molecular formula is C16H18N6O2S2. The summed E-state index contributed by atoms with van der Waals surface area (Å²) in [7, 11) is 3.49. The van der Waals surface area contributed by atoms with Gasteiger partial charge in [-0.1, -0.05) is 0 Å². The first-order valence-electron chi connectivity index (χ1n) is 7.66. The highest BCUT2D eigenvalue weighted by Gasteiger charge is 2.15. The number of nitrogens with one attached hydrogen (secondary N) is 1. The number of thiazole rings is 1. The molecular weight excluding hydrogens is 372 g/mol. The van der Waals surface area contributed by atoms with E-state index in [2.05, 4.69) is 20.5 Å². The van der Waals surface area contributed by atoms with Crippen molar-refractivity contribution in [3.63, 3.8) is 0 Å². The fraction of sp³-hybridized carbons (Fsp3) is 0.250. The first-order chi connectivity index (χ1) is 12.5.